The number of anilines is 1. The van der Waals surface area contributed by atoms with E-state index in [4.69, 9.17) is 11.6 Å². The molecular formula is C11H16ClNO2S. The van der Waals surface area contributed by atoms with Crippen LogP contribution in [-0.2, 0) is 10.0 Å². The molecule has 0 heterocycles. The molecule has 3 nitrogen and oxygen atoms in total. The van der Waals surface area contributed by atoms with Crippen molar-refractivity contribution in [1.29, 1.82) is 0 Å². The molecule has 1 rings (SSSR count). The van der Waals surface area contributed by atoms with E-state index in [9.17, 15) is 8.42 Å². The molecule has 0 saturated carbocycles. The lowest BCUT2D eigenvalue weighted by Crippen LogP contribution is -2.18. The van der Waals surface area contributed by atoms with Crippen LogP contribution in [0.2, 0.25) is 0 Å². The monoisotopic (exact) mass is 261 g/mol. The molecule has 0 aliphatic rings. The second-order valence-electron chi connectivity index (χ2n) is 3.73. The average molecular weight is 262 g/mol. The van der Waals surface area contributed by atoms with Crippen molar-refractivity contribution in [3.05, 3.63) is 29.3 Å². The smallest absolute Gasteiger partial charge is 0.232 e. The Labute approximate surface area is 102 Å². The van der Waals surface area contributed by atoms with Crippen molar-refractivity contribution in [3.63, 3.8) is 0 Å². The fraction of sp³-hybridized carbons (Fsp3) is 0.455. The number of rotatable bonds is 5. The highest BCUT2D eigenvalue weighted by molar-refractivity contribution is 7.92. The van der Waals surface area contributed by atoms with Crippen molar-refractivity contribution >= 4 is 27.3 Å². The van der Waals surface area contributed by atoms with Crippen LogP contribution in [0.4, 0.5) is 5.69 Å². The molecule has 0 bridgehead atoms. The normalized spacial score (nSPS) is 11.4. The zero-order valence-electron chi connectivity index (χ0n) is 9.46. The number of alkyl halides is 1. The predicted octanol–water partition coefficient (Wildman–Crippen LogP) is 2.67. The lowest BCUT2D eigenvalue weighted by Gasteiger charge is -2.12. The molecule has 90 valence electrons. The van der Waals surface area contributed by atoms with Crippen molar-refractivity contribution in [2.45, 2.75) is 20.3 Å². The third kappa shape index (κ3) is 3.68. The van der Waals surface area contributed by atoms with Gasteiger partial charge in [-0.3, -0.25) is 4.72 Å². The summed E-state index contributed by atoms with van der Waals surface area (Å²) >= 11 is 5.48. The number of halogens is 1. The maximum atomic E-state index is 11.7. The molecule has 0 aromatic heterocycles. The highest BCUT2D eigenvalue weighted by atomic mass is 35.5. The molecule has 1 N–H and O–H groups in total. The number of aryl methyl sites for hydroxylation is 2. The fourth-order valence-corrected chi connectivity index (χ4v) is 2.98. The van der Waals surface area contributed by atoms with Crippen LogP contribution in [-0.4, -0.2) is 20.1 Å². The topological polar surface area (TPSA) is 46.2 Å². The number of para-hydroxylation sites is 1. The van der Waals surface area contributed by atoms with Gasteiger partial charge in [-0.2, -0.15) is 0 Å². The lowest BCUT2D eigenvalue weighted by molar-refractivity contribution is 0.600. The van der Waals surface area contributed by atoms with E-state index >= 15 is 0 Å². The van der Waals surface area contributed by atoms with E-state index in [0.717, 1.165) is 11.1 Å². The number of sulfonamides is 1. The molecule has 1 aromatic rings. The van der Waals surface area contributed by atoms with Crippen molar-refractivity contribution < 1.29 is 8.42 Å². The van der Waals surface area contributed by atoms with E-state index in [0.29, 0.717) is 18.0 Å². The minimum absolute atomic E-state index is 0.0598. The Morgan fingerprint density at radius 3 is 2.31 bits per heavy atom. The molecule has 5 heteroatoms. The van der Waals surface area contributed by atoms with E-state index in [2.05, 4.69) is 4.72 Å². The molecule has 0 spiro atoms. The molecule has 1 aromatic carbocycles. The second kappa shape index (κ2) is 5.55. The van der Waals surface area contributed by atoms with Crippen molar-refractivity contribution in [3.8, 4) is 0 Å². The van der Waals surface area contributed by atoms with Gasteiger partial charge in [0.2, 0.25) is 10.0 Å². The summed E-state index contributed by atoms with van der Waals surface area (Å²) in [6.07, 6.45) is 0.460. The van der Waals surface area contributed by atoms with E-state index in [1.807, 2.05) is 32.0 Å². The standard InChI is InChI=1S/C11H16ClNO2S/c1-9-5-3-6-10(2)11(9)13-16(14,15)8-4-7-12/h3,5-6,13H,4,7-8H2,1-2H3. The summed E-state index contributed by atoms with van der Waals surface area (Å²) in [6.45, 7) is 3.76. The quantitative estimate of drug-likeness (QED) is 0.829. The molecule has 0 unspecified atom stereocenters. The summed E-state index contributed by atoms with van der Waals surface area (Å²) in [4.78, 5) is 0. The molecule has 0 radical (unpaired) electrons. The summed E-state index contributed by atoms with van der Waals surface area (Å²) in [5.41, 5.74) is 2.53. The van der Waals surface area contributed by atoms with Crippen LogP contribution in [0.1, 0.15) is 17.5 Å². The molecular weight excluding hydrogens is 246 g/mol. The Bertz CT molecular complexity index is 437. The van der Waals surface area contributed by atoms with E-state index in [-0.39, 0.29) is 5.75 Å². The summed E-state index contributed by atoms with van der Waals surface area (Å²) in [6, 6.07) is 5.67. The van der Waals surface area contributed by atoms with Crippen molar-refractivity contribution in [1.82, 2.24) is 0 Å². The van der Waals surface area contributed by atoms with Crippen LogP contribution < -0.4 is 4.72 Å². The Balaban J connectivity index is 2.88. The summed E-state index contributed by atoms with van der Waals surface area (Å²) in [5, 5.41) is 0. The lowest BCUT2D eigenvalue weighted by atomic mass is 10.1. The summed E-state index contributed by atoms with van der Waals surface area (Å²) in [7, 11) is -3.28. The Morgan fingerprint density at radius 1 is 1.25 bits per heavy atom. The minimum atomic E-state index is -3.28. The molecule has 0 amide bonds. The van der Waals surface area contributed by atoms with Crippen LogP contribution in [0.3, 0.4) is 0 Å². The number of hydrogen-bond donors (Lipinski definition) is 1. The molecule has 0 atom stereocenters. The Morgan fingerprint density at radius 2 is 1.81 bits per heavy atom. The molecule has 0 aliphatic heterocycles. The minimum Gasteiger partial charge on any atom is -0.283 e. The zero-order chi connectivity index (χ0) is 12.2. The second-order valence-corrected chi connectivity index (χ2v) is 5.95. The first-order valence-electron chi connectivity index (χ1n) is 5.09. The van der Waals surface area contributed by atoms with Crippen LogP contribution in [0.15, 0.2) is 18.2 Å². The van der Waals surface area contributed by atoms with Crippen LogP contribution >= 0.6 is 11.6 Å². The number of benzene rings is 1. The first kappa shape index (κ1) is 13.3. The number of nitrogens with one attached hydrogen (secondary N) is 1. The Hall–Kier alpha value is -0.740. The van der Waals surface area contributed by atoms with Crippen molar-refractivity contribution in [2.24, 2.45) is 0 Å². The summed E-state index contributed by atoms with van der Waals surface area (Å²) in [5.74, 6) is 0.415. The van der Waals surface area contributed by atoms with Gasteiger partial charge in [-0.15, -0.1) is 11.6 Å². The highest BCUT2D eigenvalue weighted by Crippen LogP contribution is 2.20. The van der Waals surface area contributed by atoms with Crippen LogP contribution in [0.25, 0.3) is 0 Å². The highest BCUT2D eigenvalue weighted by Gasteiger charge is 2.12. The van der Waals surface area contributed by atoms with Gasteiger partial charge in [-0.05, 0) is 31.4 Å². The first-order valence-corrected chi connectivity index (χ1v) is 7.27. The van der Waals surface area contributed by atoms with Crippen LogP contribution in [0.5, 0.6) is 0 Å². The van der Waals surface area contributed by atoms with Crippen LogP contribution in [0, 0.1) is 13.8 Å². The molecule has 16 heavy (non-hydrogen) atoms. The van der Waals surface area contributed by atoms with E-state index in [1.165, 1.54) is 0 Å². The van der Waals surface area contributed by atoms with Gasteiger partial charge in [0, 0.05) is 5.88 Å². The first-order chi connectivity index (χ1) is 7.46. The van der Waals surface area contributed by atoms with Gasteiger partial charge in [0.25, 0.3) is 0 Å². The molecule has 0 aliphatic carbocycles. The van der Waals surface area contributed by atoms with E-state index < -0.39 is 10.0 Å². The molecule has 0 fully saturated rings. The van der Waals surface area contributed by atoms with Gasteiger partial charge in [-0.1, -0.05) is 18.2 Å². The Kier molecular flexibility index (Phi) is 4.62. The largest absolute Gasteiger partial charge is 0.283 e. The fourth-order valence-electron chi connectivity index (χ4n) is 1.43. The van der Waals surface area contributed by atoms with Gasteiger partial charge in [0.15, 0.2) is 0 Å². The van der Waals surface area contributed by atoms with Gasteiger partial charge in [0.1, 0.15) is 0 Å². The van der Waals surface area contributed by atoms with Gasteiger partial charge in [-0.25, -0.2) is 8.42 Å². The van der Waals surface area contributed by atoms with Gasteiger partial charge >= 0.3 is 0 Å². The number of hydrogen-bond acceptors (Lipinski definition) is 2. The van der Waals surface area contributed by atoms with Gasteiger partial charge in [0.05, 0.1) is 11.4 Å². The summed E-state index contributed by atoms with van der Waals surface area (Å²) < 4.78 is 26.0. The average Bonchev–Trinajstić information content (AvgIpc) is 2.21. The van der Waals surface area contributed by atoms with E-state index in [1.54, 1.807) is 0 Å². The zero-order valence-corrected chi connectivity index (χ0v) is 11.0. The maximum Gasteiger partial charge on any atom is 0.232 e. The third-order valence-corrected chi connectivity index (χ3v) is 3.89. The predicted molar refractivity (Wildman–Crippen MR) is 68.7 cm³/mol. The van der Waals surface area contributed by atoms with Gasteiger partial charge < -0.3 is 0 Å². The van der Waals surface area contributed by atoms with Crippen molar-refractivity contribution in [2.75, 3.05) is 16.4 Å². The maximum absolute atomic E-state index is 11.7. The molecule has 0 saturated heterocycles. The third-order valence-electron chi connectivity index (χ3n) is 2.29. The SMILES string of the molecule is Cc1cccc(C)c1NS(=O)(=O)CCCCl.